The Morgan fingerprint density at radius 2 is 1.95 bits per heavy atom. The second-order valence-electron chi connectivity index (χ2n) is 4.42. The van der Waals surface area contributed by atoms with Crippen molar-refractivity contribution < 1.29 is 18.6 Å². The van der Waals surface area contributed by atoms with E-state index in [2.05, 4.69) is 0 Å². The molecule has 0 bridgehead atoms. The van der Waals surface area contributed by atoms with Crippen molar-refractivity contribution in [3.63, 3.8) is 0 Å². The van der Waals surface area contributed by atoms with Crippen LogP contribution in [0.5, 0.6) is 0 Å². The van der Waals surface area contributed by atoms with Gasteiger partial charge in [0.2, 0.25) is 0 Å². The molecule has 0 radical (unpaired) electrons. The lowest BCUT2D eigenvalue weighted by molar-refractivity contribution is -0.0245. The molecule has 0 fully saturated rings. The van der Waals surface area contributed by atoms with Crippen LogP contribution in [0, 0.1) is 6.92 Å². The Kier molecular flexibility index (Phi) is 7.74. The molecule has 0 aromatic carbocycles. The molecule has 1 heterocycles. The Bertz CT molecular complexity index is 340. The highest BCUT2D eigenvalue weighted by atomic mass is 16.5. The van der Waals surface area contributed by atoms with Crippen LogP contribution in [0.2, 0.25) is 0 Å². The normalized spacial score (nSPS) is 14.5. The minimum Gasteiger partial charge on any atom is -0.464 e. The maximum Gasteiger partial charge on any atom is 0.134 e. The Hall–Kier alpha value is -0.880. The summed E-state index contributed by atoms with van der Waals surface area (Å²) in [5.74, 6) is 1.65. The van der Waals surface area contributed by atoms with Gasteiger partial charge in [-0.3, -0.25) is 0 Å². The molecule has 0 saturated carbocycles. The number of hydrogen-bond donors (Lipinski definition) is 1. The van der Waals surface area contributed by atoms with Crippen molar-refractivity contribution in [2.24, 2.45) is 5.73 Å². The molecule has 5 nitrogen and oxygen atoms in total. The van der Waals surface area contributed by atoms with E-state index in [-0.39, 0.29) is 12.1 Å². The van der Waals surface area contributed by atoms with E-state index < -0.39 is 0 Å². The van der Waals surface area contributed by atoms with Gasteiger partial charge in [-0.2, -0.15) is 0 Å². The fourth-order valence-electron chi connectivity index (χ4n) is 1.72. The molecule has 0 aliphatic rings. The van der Waals surface area contributed by atoms with Gasteiger partial charge < -0.3 is 24.4 Å². The minimum atomic E-state index is -0.218. The third-order valence-corrected chi connectivity index (χ3v) is 2.86. The fraction of sp³-hybridized carbons (Fsp3) is 0.714. The molecule has 1 aromatic heterocycles. The standard InChI is InChI=1S/C14H25NO4/c1-4-12(15)14(13-6-5-11(2)19-13)18-10-9-17-8-7-16-3/h5-6,12,14H,4,7-10,15H2,1-3H3. The Morgan fingerprint density at radius 1 is 1.21 bits per heavy atom. The SMILES string of the molecule is CCC(N)C(OCCOCCOC)c1ccc(C)o1. The first-order valence-electron chi connectivity index (χ1n) is 6.69. The van der Waals surface area contributed by atoms with Crippen molar-refractivity contribution >= 4 is 0 Å². The number of aryl methyl sites for hydroxylation is 1. The molecular formula is C14H25NO4. The molecule has 5 heteroatoms. The van der Waals surface area contributed by atoms with Crippen molar-refractivity contribution in [3.8, 4) is 0 Å². The first-order chi connectivity index (χ1) is 9.19. The highest BCUT2D eigenvalue weighted by Gasteiger charge is 2.22. The van der Waals surface area contributed by atoms with Crippen LogP contribution in [0.4, 0.5) is 0 Å². The lowest BCUT2D eigenvalue weighted by atomic mass is 10.1. The Morgan fingerprint density at radius 3 is 2.53 bits per heavy atom. The molecule has 2 unspecified atom stereocenters. The van der Waals surface area contributed by atoms with Crippen molar-refractivity contribution in [3.05, 3.63) is 23.7 Å². The van der Waals surface area contributed by atoms with Crippen molar-refractivity contribution in [1.29, 1.82) is 0 Å². The Labute approximate surface area is 115 Å². The van der Waals surface area contributed by atoms with Crippen LogP contribution in [0.15, 0.2) is 16.5 Å². The molecule has 2 atom stereocenters. The van der Waals surface area contributed by atoms with E-state index >= 15 is 0 Å². The Balaban J connectivity index is 2.39. The predicted molar refractivity (Wildman–Crippen MR) is 73.1 cm³/mol. The quantitative estimate of drug-likeness (QED) is 0.660. The van der Waals surface area contributed by atoms with Crippen LogP contribution in [0.1, 0.15) is 31.0 Å². The fourth-order valence-corrected chi connectivity index (χ4v) is 1.72. The van der Waals surface area contributed by atoms with E-state index in [1.54, 1.807) is 7.11 Å². The van der Waals surface area contributed by atoms with Crippen LogP contribution < -0.4 is 5.73 Å². The van der Waals surface area contributed by atoms with E-state index in [0.717, 1.165) is 17.9 Å². The molecular weight excluding hydrogens is 246 g/mol. The van der Waals surface area contributed by atoms with Crippen molar-refractivity contribution in [1.82, 2.24) is 0 Å². The van der Waals surface area contributed by atoms with Gasteiger partial charge in [-0.25, -0.2) is 0 Å². The number of nitrogens with two attached hydrogens (primary N) is 1. The average molecular weight is 271 g/mol. The molecule has 0 spiro atoms. The maximum absolute atomic E-state index is 6.08. The topological polar surface area (TPSA) is 66.9 Å². The zero-order valence-electron chi connectivity index (χ0n) is 12.1. The summed E-state index contributed by atoms with van der Waals surface area (Å²) >= 11 is 0. The smallest absolute Gasteiger partial charge is 0.134 e. The summed E-state index contributed by atoms with van der Waals surface area (Å²) in [4.78, 5) is 0. The summed E-state index contributed by atoms with van der Waals surface area (Å²) in [5, 5.41) is 0. The first kappa shape index (κ1) is 16.2. The van der Waals surface area contributed by atoms with Gasteiger partial charge >= 0.3 is 0 Å². The summed E-state index contributed by atoms with van der Waals surface area (Å²) in [6, 6.07) is 3.76. The summed E-state index contributed by atoms with van der Waals surface area (Å²) in [5.41, 5.74) is 6.08. The van der Waals surface area contributed by atoms with E-state index in [1.807, 2.05) is 26.0 Å². The highest BCUT2D eigenvalue weighted by Crippen LogP contribution is 2.23. The largest absolute Gasteiger partial charge is 0.464 e. The zero-order valence-corrected chi connectivity index (χ0v) is 12.1. The lowest BCUT2D eigenvalue weighted by Crippen LogP contribution is -2.30. The average Bonchev–Trinajstić information content (AvgIpc) is 2.83. The van der Waals surface area contributed by atoms with Crippen LogP contribution in [0.3, 0.4) is 0 Å². The molecule has 1 aromatic rings. The first-order valence-corrected chi connectivity index (χ1v) is 6.69. The van der Waals surface area contributed by atoms with Gasteiger partial charge in [0.25, 0.3) is 0 Å². The second kappa shape index (κ2) is 9.09. The summed E-state index contributed by atoms with van der Waals surface area (Å²) in [7, 11) is 1.65. The van der Waals surface area contributed by atoms with Gasteiger partial charge in [0.05, 0.1) is 26.4 Å². The molecule has 0 amide bonds. The molecule has 2 N–H and O–H groups in total. The molecule has 19 heavy (non-hydrogen) atoms. The summed E-state index contributed by atoms with van der Waals surface area (Å²) < 4.78 is 21.6. The predicted octanol–water partition coefficient (Wildman–Crippen LogP) is 2.05. The monoisotopic (exact) mass is 271 g/mol. The number of ether oxygens (including phenoxy) is 3. The molecule has 0 saturated heterocycles. The molecule has 1 rings (SSSR count). The third-order valence-electron chi connectivity index (χ3n) is 2.86. The third kappa shape index (κ3) is 5.74. The number of furan rings is 1. The second-order valence-corrected chi connectivity index (χ2v) is 4.42. The van der Waals surface area contributed by atoms with Gasteiger partial charge in [-0.1, -0.05) is 6.92 Å². The number of rotatable bonds is 10. The van der Waals surface area contributed by atoms with E-state index in [4.69, 9.17) is 24.4 Å². The van der Waals surface area contributed by atoms with Gasteiger partial charge in [-0.15, -0.1) is 0 Å². The van der Waals surface area contributed by atoms with Gasteiger partial charge in [-0.05, 0) is 25.5 Å². The van der Waals surface area contributed by atoms with Gasteiger partial charge in [0.1, 0.15) is 17.6 Å². The summed E-state index contributed by atoms with van der Waals surface area (Å²) in [6.45, 7) is 6.12. The molecule has 0 aliphatic carbocycles. The van der Waals surface area contributed by atoms with Crippen LogP contribution in [-0.4, -0.2) is 39.6 Å². The minimum absolute atomic E-state index is 0.0791. The van der Waals surface area contributed by atoms with Crippen LogP contribution in [0.25, 0.3) is 0 Å². The van der Waals surface area contributed by atoms with Gasteiger partial charge in [0.15, 0.2) is 0 Å². The molecule has 0 aliphatic heterocycles. The van der Waals surface area contributed by atoms with Crippen LogP contribution >= 0.6 is 0 Å². The zero-order chi connectivity index (χ0) is 14.1. The molecule has 110 valence electrons. The maximum atomic E-state index is 6.08. The van der Waals surface area contributed by atoms with Gasteiger partial charge in [0, 0.05) is 13.2 Å². The van der Waals surface area contributed by atoms with E-state index in [1.165, 1.54) is 0 Å². The van der Waals surface area contributed by atoms with Crippen molar-refractivity contribution in [2.75, 3.05) is 33.5 Å². The summed E-state index contributed by atoms with van der Waals surface area (Å²) in [6.07, 6.45) is 0.610. The highest BCUT2D eigenvalue weighted by molar-refractivity contribution is 5.10. The van der Waals surface area contributed by atoms with E-state index in [9.17, 15) is 0 Å². The van der Waals surface area contributed by atoms with Crippen LogP contribution in [-0.2, 0) is 14.2 Å². The van der Waals surface area contributed by atoms with E-state index in [0.29, 0.717) is 26.4 Å². The number of hydrogen-bond acceptors (Lipinski definition) is 5. The number of methoxy groups -OCH3 is 1. The van der Waals surface area contributed by atoms with Crippen molar-refractivity contribution in [2.45, 2.75) is 32.4 Å². The lowest BCUT2D eigenvalue weighted by Gasteiger charge is -2.21.